The smallest absolute Gasteiger partial charge is 0.324 e. The standard InChI is InChI=1S/C10H18N4O5S/c1-18-4-3-13-20(16,17)14-9(10(15)19-2)5-8-6-11-7-12-8/h6-7,9,13-14H,3-5H2,1-2H3,(H,11,12)/t9-/m0/s1. The molecule has 10 heteroatoms. The van der Waals surface area contributed by atoms with Crippen molar-refractivity contribution in [3.8, 4) is 0 Å². The molecule has 1 atom stereocenters. The number of H-pyrrole nitrogens is 1. The maximum absolute atomic E-state index is 11.8. The van der Waals surface area contributed by atoms with Crippen molar-refractivity contribution >= 4 is 16.2 Å². The zero-order valence-corrected chi connectivity index (χ0v) is 12.1. The third-order valence-corrected chi connectivity index (χ3v) is 3.54. The van der Waals surface area contributed by atoms with Gasteiger partial charge in [0.2, 0.25) is 0 Å². The van der Waals surface area contributed by atoms with E-state index < -0.39 is 22.2 Å². The minimum absolute atomic E-state index is 0.101. The van der Waals surface area contributed by atoms with Gasteiger partial charge < -0.3 is 14.5 Å². The Hall–Kier alpha value is -1.49. The minimum Gasteiger partial charge on any atom is -0.468 e. The SMILES string of the molecule is COCCNS(=O)(=O)N[C@@H](Cc1cnc[nH]1)C(=O)OC. The Morgan fingerprint density at radius 3 is 2.80 bits per heavy atom. The van der Waals surface area contributed by atoms with E-state index in [2.05, 4.69) is 24.1 Å². The number of nitrogens with one attached hydrogen (secondary N) is 3. The highest BCUT2D eigenvalue weighted by Gasteiger charge is 2.25. The van der Waals surface area contributed by atoms with Crippen LogP contribution in [0.3, 0.4) is 0 Å². The molecule has 1 aromatic rings. The highest BCUT2D eigenvalue weighted by molar-refractivity contribution is 7.87. The minimum atomic E-state index is -3.83. The summed E-state index contributed by atoms with van der Waals surface area (Å²) in [4.78, 5) is 18.2. The molecule has 0 bridgehead atoms. The summed E-state index contributed by atoms with van der Waals surface area (Å²) in [7, 11) is -1.18. The number of methoxy groups -OCH3 is 2. The number of carbonyl (C=O) groups excluding carboxylic acids is 1. The number of nitrogens with zero attached hydrogens (tertiary/aromatic N) is 1. The Balaban J connectivity index is 2.66. The van der Waals surface area contributed by atoms with E-state index in [4.69, 9.17) is 4.74 Å². The third kappa shape index (κ3) is 5.65. The van der Waals surface area contributed by atoms with Gasteiger partial charge in [-0.15, -0.1) is 0 Å². The molecule has 3 N–H and O–H groups in total. The van der Waals surface area contributed by atoms with Gasteiger partial charge in [-0.3, -0.25) is 4.79 Å². The van der Waals surface area contributed by atoms with Crippen molar-refractivity contribution in [2.75, 3.05) is 27.4 Å². The molecule has 0 aliphatic rings. The Bertz CT molecular complexity index is 502. The van der Waals surface area contributed by atoms with Crippen LogP contribution in [0, 0.1) is 0 Å². The molecule has 0 unspecified atom stereocenters. The Morgan fingerprint density at radius 2 is 2.25 bits per heavy atom. The summed E-state index contributed by atoms with van der Waals surface area (Å²) in [5.41, 5.74) is 0.611. The highest BCUT2D eigenvalue weighted by atomic mass is 32.2. The Kier molecular flexibility index (Phi) is 6.58. The van der Waals surface area contributed by atoms with E-state index in [1.54, 1.807) is 0 Å². The van der Waals surface area contributed by atoms with Gasteiger partial charge >= 0.3 is 5.97 Å². The predicted molar refractivity (Wildman–Crippen MR) is 70.0 cm³/mol. The van der Waals surface area contributed by atoms with Crippen LogP contribution in [-0.4, -0.2) is 57.8 Å². The van der Waals surface area contributed by atoms with Crippen LogP contribution in [0.25, 0.3) is 0 Å². The molecule has 9 nitrogen and oxygen atoms in total. The summed E-state index contributed by atoms with van der Waals surface area (Å²) in [6.07, 6.45) is 3.05. The first kappa shape index (κ1) is 16.6. The first-order valence-electron chi connectivity index (χ1n) is 5.79. The number of aromatic nitrogens is 2. The van der Waals surface area contributed by atoms with Crippen molar-refractivity contribution in [3.05, 3.63) is 18.2 Å². The van der Waals surface area contributed by atoms with E-state index in [9.17, 15) is 13.2 Å². The number of imidazole rings is 1. The third-order valence-electron chi connectivity index (χ3n) is 2.36. The van der Waals surface area contributed by atoms with Gasteiger partial charge in [0.1, 0.15) is 6.04 Å². The summed E-state index contributed by atoms with van der Waals surface area (Å²) in [5.74, 6) is -0.684. The largest absolute Gasteiger partial charge is 0.468 e. The fourth-order valence-corrected chi connectivity index (χ4v) is 2.43. The van der Waals surface area contributed by atoms with Crippen molar-refractivity contribution < 1.29 is 22.7 Å². The highest BCUT2D eigenvalue weighted by Crippen LogP contribution is 2.01. The average Bonchev–Trinajstić information content (AvgIpc) is 2.90. The topological polar surface area (TPSA) is 122 Å². The molecule has 0 fully saturated rings. The van der Waals surface area contributed by atoms with Gasteiger partial charge in [-0.05, 0) is 0 Å². The van der Waals surface area contributed by atoms with Crippen molar-refractivity contribution in [3.63, 3.8) is 0 Å². The molecule has 1 rings (SSSR count). The van der Waals surface area contributed by atoms with Crippen LogP contribution in [0.1, 0.15) is 5.69 Å². The molecule has 0 amide bonds. The average molecular weight is 306 g/mol. The van der Waals surface area contributed by atoms with Crippen molar-refractivity contribution in [1.29, 1.82) is 0 Å². The van der Waals surface area contributed by atoms with Gasteiger partial charge in [-0.1, -0.05) is 0 Å². The van der Waals surface area contributed by atoms with Crippen molar-refractivity contribution in [1.82, 2.24) is 19.4 Å². The van der Waals surface area contributed by atoms with Gasteiger partial charge in [-0.2, -0.15) is 17.9 Å². The second kappa shape index (κ2) is 7.94. The molecule has 114 valence electrons. The number of carbonyl (C=O) groups is 1. The molecule has 0 aliphatic heterocycles. The lowest BCUT2D eigenvalue weighted by Crippen LogP contribution is -2.48. The van der Waals surface area contributed by atoms with Crippen molar-refractivity contribution in [2.45, 2.75) is 12.5 Å². The number of rotatable bonds is 9. The molecule has 0 radical (unpaired) electrons. The van der Waals surface area contributed by atoms with Crippen LogP contribution < -0.4 is 9.44 Å². The molecule has 1 heterocycles. The van der Waals surface area contributed by atoms with Gasteiger partial charge in [0.05, 0.1) is 20.0 Å². The summed E-state index contributed by atoms with van der Waals surface area (Å²) >= 11 is 0. The summed E-state index contributed by atoms with van der Waals surface area (Å²) in [6, 6.07) is -1.04. The molecule has 0 saturated carbocycles. The molecule has 0 saturated heterocycles. The van der Waals surface area contributed by atoms with E-state index in [-0.39, 0.29) is 19.6 Å². The van der Waals surface area contributed by atoms with Crippen LogP contribution in [0.5, 0.6) is 0 Å². The lowest BCUT2D eigenvalue weighted by molar-refractivity contribution is -0.142. The van der Waals surface area contributed by atoms with Crippen LogP contribution in [0.15, 0.2) is 12.5 Å². The van der Waals surface area contributed by atoms with E-state index >= 15 is 0 Å². The molecule has 0 spiro atoms. The van der Waals surface area contributed by atoms with E-state index in [1.165, 1.54) is 26.7 Å². The zero-order valence-electron chi connectivity index (χ0n) is 11.3. The lowest BCUT2D eigenvalue weighted by Gasteiger charge is -2.16. The monoisotopic (exact) mass is 306 g/mol. The van der Waals surface area contributed by atoms with Gasteiger partial charge in [-0.25, -0.2) is 4.98 Å². The van der Waals surface area contributed by atoms with Crippen molar-refractivity contribution in [2.24, 2.45) is 0 Å². The fraction of sp³-hybridized carbons (Fsp3) is 0.600. The Labute approximate surface area is 117 Å². The summed E-state index contributed by atoms with van der Waals surface area (Å²) in [6.45, 7) is 0.328. The summed E-state index contributed by atoms with van der Waals surface area (Å²) < 4.78 is 37.3. The lowest BCUT2D eigenvalue weighted by atomic mass is 10.2. The van der Waals surface area contributed by atoms with E-state index in [0.717, 1.165) is 0 Å². The maximum Gasteiger partial charge on any atom is 0.324 e. The van der Waals surface area contributed by atoms with Gasteiger partial charge in [0.15, 0.2) is 0 Å². The quantitative estimate of drug-likeness (QED) is 0.379. The molecular formula is C10H18N4O5S. The van der Waals surface area contributed by atoms with Crippen LogP contribution in [0.2, 0.25) is 0 Å². The number of esters is 1. The second-order valence-electron chi connectivity index (χ2n) is 3.87. The Morgan fingerprint density at radius 1 is 1.50 bits per heavy atom. The number of aromatic amines is 1. The number of hydrogen-bond acceptors (Lipinski definition) is 6. The first-order valence-corrected chi connectivity index (χ1v) is 7.27. The summed E-state index contributed by atoms with van der Waals surface area (Å²) in [5, 5.41) is 0. The maximum atomic E-state index is 11.8. The van der Waals surface area contributed by atoms with E-state index in [1.807, 2.05) is 0 Å². The number of hydrogen-bond donors (Lipinski definition) is 3. The second-order valence-corrected chi connectivity index (χ2v) is 5.40. The number of ether oxygens (including phenoxy) is 2. The van der Waals surface area contributed by atoms with Gasteiger partial charge in [0, 0.05) is 32.0 Å². The molecule has 1 aromatic heterocycles. The zero-order chi connectivity index (χ0) is 15.0. The fourth-order valence-electron chi connectivity index (χ4n) is 1.44. The first-order chi connectivity index (χ1) is 9.48. The van der Waals surface area contributed by atoms with Crippen LogP contribution >= 0.6 is 0 Å². The predicted octanol–water partition coefficient (Wildman–Crippen LogP) is -1.44. The van der Waals surface area contributed by atoms with E-state index in [0.29, 0.717) is 5.69 Å². The molecule has 0 aliphatic carbocycles. The van der Waals surface area contributed by atoms with Gasteiger partial charge in [0.25, 0.3) is 10.2 Å². The molecule has 0 aromatic carbocycles. The molecular weight excluding hydrogens is 288 g/mol. The normalized spacial score (nSPS) is 13.1. The molecule has 20 heavy (non-hydrogen) atoms. The van der Waals surface area contributed by atoms with Crippen LogP contribution in [0.4, 0.5) is 0 Å². The van der Waals surface area contributed by atoms with Crippen LogP contribution in [-0.2, 0) is 30.9 Å².